The smallest absolute Gasteiger partial charge is 0.267 e. The van der Waals surface area contributed by atoms with Gasteiger partial charge in [-0.1, -0.05) is 42.1 Å². The van der Waals surface area contributed by atoms with Crippen molar-refractivity contribution >= 4 is 45.6 Å². The molecular weight excluding hydrogens is 440 g/mol. The van der Waals surface area contributed by atoms with Crippen molar-refractivity contribution in [2.24, 2.45) is 0 Å². The van der Waals surface area contributed by atoms with Crippen molar-refractivity contribution in [1.82, 2.24) is 19.2 Å². The number of hydrogen-bond acceptors (Lipinski definition) is 6. The van der Waals surface area contributed by atoms with Crippen LogP contribution >= 0.6 is 23.1 Å². The predicted molar refractivity (Wildman–Crippen MR) is 130 cm³/mol. The maximum atomic E-state index is 13.4. The molecule has 0 atom stereocenters. The average Bonchev–Trinajstić information content (AvgIpc) is 3.36. The second-order valence-electron chi connectivity index (χ2n) is 7.60. The first-order valence-corrected chi connectivity index (χ1v) is 11.9. The number of thiophene rings is 1. The highest BCUT2D eigenvalue weighted by atomic mass is 32.2. The standard InChI is InChI=1S/C24H20N4O2S2/c1-14-8-4-6-10-19(14)27-22(30)17-9-5-7-11-20(17)28-23(27)25-26-24(28)31-13-21(29)18-12-15(2)32-16(18)3/h4-12H,13H2,1-3H3. The van der Waals surface area contributed by atoms with Gasteiger partial charge in [0, 0.05) is 15.3 Å². The van der Waals surface area contributed by atoms with Crippen LogP contribution in [0.4, 0.5) is 0 Å². The van der Waals surface area contributed by atoms with Gasteiger partial charge in [0.1, 0.15) is 0 Å². The van der Waals surface area contributed by atoms with Crippen LogP contribution in [0.5, 0.6) is 0 Å². The van der Waals surface area contributed by atoms with Gasteiger partial charge in [-0.3, -0.25) is 14.0 Å². The fraction of sp³-hybridized carbons (Fsp3) is 0.167. The Balaban J connectivity index is 1.66. The van der Waals surface area contributed by atoms with E-state index in [9.17, 15) is 9.59 Å². The normalized spacial score (nSPS) is 11.5. The zero-order valence-electron chi connectivity index (χ0n) is 17.8. The molecule has 0 radical (unpaired) electrons. The number of hydrogen-bond donors (Lipinski definition) is 0. The van der Waals surface area contributed by atoms with Gasteiger partial charge in [0.05, 0.1) is 22.3 Å². The van der Waals surface area contributed by atoms with E-state index in [1.54, 1.807) is 15.9 Å². The number of fused-ring (bicyclic) bond motifs is 3. The molecule has 0 bridgehead atoms. The van der Waals surface area contributed by atoms with Crippen molar-refractivity contribution < 1.29 is 4.79 Å². The quantitative estimate of drug-likeness (QED) is 0.273. The van der Waals surface area contributed by atoms with Gasteiger partial charge in [0.2, 0.25) is 5.78 Å². The predicted octanol–water partition coefficient (Wildman–Crippen LogP) is 5.00. The molecule has 0 aliphatic heterocycles. The number of aromatic nitrogens is 4. The molecule has 0 N–H and O–H groups in total. The summed E-state index contributed by atoms with van der Waals surface area (Å²) < 4.78 is 3.47. The number of thioether (sulfide) groups is 1. The Morgan fingerprint density at radius 2 is 1.78 bits per heavy atom. The molecular formula is C24H20N4O2S2. The molecule has 0 amide bonds. The lowest BCUT2D eigenvalue weighted by Crippen LogP contribution is -2.22. The van der Waals surface area contributed by atoms with Crippen molar-refractivity contribution in [2.75, 3.05) is 5.75 Å². The lowest BCUT2D eigenvalue weighted by Gasteiger charge is -2.13. The van der Waals surface area contributed by atoms with E-state index in [0.717, 1.165) is 32.1 Å². The SMILES string of the molecule is Cc1cc(C(=O)CSc2nnc3n(-c4ccccc4C)c(=O)c4ccccc4n23)c(C)s1. The summed E-state index contributed by atoms with van der Waals surface area (Å²) in [5.74, 6) is 0.737. The zero-order chi connectivity index (χ0) is 22.4. The number of carbonyl (C=O) groups is 1. The number of Topliss-reactive ketones (excluding diaryl/α,β-unsaturated/α-hetero) is 1. The Morgan fingerprint density at radius 3 is 2.53 bits per heavy atom. The molecule has 5 aromatic rings. The van der Waals surface area contributed by atoms with Crippen LogP contribution in [0.25, 0.3) is 22.4 Å². The molecule has 0 aliphatic rings. The summed E-state index contributed by atoms with van der Waals surface area (Å²) in [7, 11) is 0. The van der Waals surface area contributed by atoms with E-state index in [2.05, 4.69) is 10.2 Å². The lowest BCUT2D eigenvalue weighted by molar-refractivity contribution is 0.102. The summed E-state index contributed by atoms with van der Waals surface area (Å²) in [5, 5.41) is 9.88. The van der Waals surface area contributed by atoms with Crippen molar-refractivity contribution in [3.8, 4) is 5.69 Å². The molecule has 6 nitrogen and oxygen atoms in total. The van der Waals surface area contributed by atoms with Gasteiger partial charge in [-0.2, -0.15) is 0 Å². The fourth-order valence-corrected chi connectivity index (χ4v) is 5.68. The molecule has 32 heavy (non-hydrogen) atoms. The van der Waals surface area contributed by atoms with Gasteiger partial charge < -0.3 is 0 Å². The molecule has 8 heteroatoms. The monoisotopic (exact) mass is 460 g/mol. The molecule has 2 aromatic carbocycles. The summed E-state index contributed by atoms with van der Waals surface area (Å²) in [6.07, 6.45) is 0. The Labute approximate surface area is 192 Å². The first kappa shape index (κ1) is 20.7. The van der Waals surface area contributed by atoms with Crippen LogP contribution in [-0.2, 0) is 0 Å². The topological polar surface area (TPSA) is 69.3 Å². The number of nitrogens with zero attached hydrogens (tertiary/aromatic N) is 4. The van der Waals surface area contributed by atoms with Crippen molar-refractivity contribution in [1.29, 1.82) is 0 Å². The van der Waals surface area contributed by atoms with Gasteiger partial charge >= 0.3 is 0 Å². The highest BCUT2D eigenvalue weighted by molar-refractivity contribution is 7.99. The molecule has 0 unspecified atom stereocenters. The third kappa shape index (κ3) is 3.36. The molecule has 3 heterocycles. The van der Waals surface area contributed by atoms with Crippen LogP contribution in [0.2, 0.25) is 0 Å². The first-order chi connectivity index (χ1) is 15.5. The highest BCUT2D eigenvalue weighted by Crippen LogP contribution is 2.27. The summed E-state index contributed by atoms with van der Waals surface area (Å²) >= 11 is 2.96. The number of benzene rings is 2. The summed E-state index contributed by atoms with van der Waals surface area (Å²) in [6.45, 7) is 5.93. The summed E-state index contributed by atoms with van der Waals surface area (Å²) in [5.41, 5.74) is 3.06. The number of aryl methyl sites for hydroxylation is 3. The van der Waals surface area contributed by atoms with E-state index in [0.29, 0.717) is 16.3 Å². The van der Waals surface area contributed by atoms with Crippen molar-refractivity contribution in [3.63, 3.8) is 0 Å². The maximum Gasteiger partial charge on any atom is 0.267 e. The third-order valence-electron chi connectivity index (χ3n) is 5.42. The maximum absolute atomic E-state index is 13.4. The first-order valence-electron chi connectivity index (χ1n) is 10.1. The molecule has 5 rings (SSSR count). The molecule has 0 spiro atoms. The highest BCUT2D eigenvalue weighted by Gasteiger charge is 2.20. The minimum atomic E-state index is -0.146. The van der Waals surface area contributed by atoms with Crippen LogP contribution < -0.4 is 5.56 Å². The number of carbonyl (C=O) groups excluding carboxylic acids is 1. The Bertz CT molecular complexity index is 1560. The minimum Gasteiger partial charge on any atom is -0.293 e. The van der Waals surface area contributed by atoms with Crippen LogP contribution in [-0.4, -0.2) is 30.7 Å². The lowest BCUT2D eigenvalue weighted by atomic mass is 10.2. The molecule has 3 aromatic heterocycles. The van der Waals surface area contributed by atoms with E-state index in [-0.39, 0.29) is 17.1 Å². The third-order valence-corrected chi connectivity index (χ3v) is 7.32. The van der Waals surface area contributed by atoms with Gasteiger partial charge in [-0.25, -0.2) is 4.57 Å². The van der Waals surface area contributed by atoms with Crippen LogP contribution in [0, 0.1) is 20.8 Å². The summed E-state index contributed by atoms with van der Waals surface area (Å²) in [6, 6.07) is 17.1. The zero-order valence-corrected chi connectivity index (χ0v) is 19.5. The second kappa shape index (κ2) is 8.03. The van der Waals surface area contributed by atoms with Crippen LogP contribution in [0.1, 0.15) is 25.7 Å². The molecule has 0 aliphatic carbocycles. The largest absolute Gasteiger partial charge is 0.293 e. The molecule has 0 saturated heterocycles. The van der Waals surface area contributed by atoms with E-state index < -0.39 is 0 Å². The van der Waals surface area contributed by atoms with Gasteiger partial charge in [-0.15, -0.1) is 21.5 Å². The van der Waals surface area contributed by atoms with Crippen LogP contribution in [0.3, 0.4) is 0 Å². The molecule has 0 fully saturated rings. The van der Waals surface area contributed by atoms with E-state index in [1.165, 1.54) is 11.8 Å². The van der Waals surface area contributed by atoms with Crippen LogP contribution in [0.15, 0.2) is 64.5 Å². The average molecular weight is 461 g/mol. The molecule has 0 saturated carbocycles. The Kier molecular flexibility index (Phi) is 5.19. The van der Waals surface area contributed by atoms with Gasteiger partial charge in [-0.05, 0) is 50.6 Å². The van der Waals surface area contributed by atoms with Gasteiger partial charge in [0.25, 0.3) is 5.56 Å². The van der Waals surface area contributed by atoms with E-state index >= 15 is 0 Å². The summed E-state index contributed by atoms with van der Waals surface area (Å²) in [4.78, 5) is 28.4. The van der Waals surface area contributed by atoms with Gasteiger partial charge in [0.15, 0.2) is 10.9 Å². The second-order valence-corrected chi connectivity index (χ2v) is 10.0. The minimum absolute atomic E-state index is 0.0603. The van der Waals surface area contributed by atoms with E-state index in [1.807, 2.05) is 79.8 Å². The van der Waals surface area contributed by atoms with Crippen molar-refractivity contribution in [2.45, 2.75) is 25.9 Å². The fourth-order valence-electron chi connectivity index (χ4n) is 3.92. The molecule has 160 valence electrons. The van der Waals surface area contributed by atoms with E-state index in [4.69, 9.17) is 0 Å². The number of rotatable bonds is 5. The van der Waals surface area contributed by atoms with Crippen molar-refractivity contribution in [3.05, 3.63) is 85.8 Å². The Morgan fingerprint density at radius 1 is 1.03 bits per heavy atom. The Hall–Kier alpha value is -3.23. The number of ketones is 1. The number of para-hydroxylation sites is 2.